The third-order valence-electron chi connectivity index (χ3n) is 3.62. The number of H-pyrrole nitrogens is 1. The molecule has 1 aromatic heterocycles. The number of fused-ring (bicyclic) bond motifs is 1. The number of nitrogens with zero attached hydrogens (tertiary/aromatic N) is 2. The van der Waals surface area contributed by atoms with Crippen LogP contribution >= 0.6 is 0 Å². The summed E-state index contributed by atoms with van der Waals surface area (Å²) in [6.07, 6.45) is 3.77. The molecule has 20 heavy (non-hydrogen) atoms. The van der Waals surface area contributed by atoms with Crippen LogP contribution in [0.15, 0.2) is 30.7 Å². The van der Waals surface area contributed by atoms with Crippen LogP contribution in [0.5, 0.6) is 0 Å². The number of imidazole rings is 1. The van der Waals surface area contributed by atoms with E-state index < -0.39 is 5.41 Å². The van der Waals surface area contributed by atoms with Gasteiger partial charge in [0.1, 0.15) is 5.82 Å². The summed E-state index contributed by atoms with van der Waals surface area (Å²) in [4.78, 5) is 31.4. The number of nitrogens with one attached hydrogen (secondary N) is 2. The molecule has 2 aromatic rings. The standard InChI is InChI=1S/C14H14N4O2/c1-14(2)10-4-3-9(5-11(10)17-13(14)20)18(8-19)12-6-15-7-16-12/h3-8H,1-2H3,(H,15,16)(H,17,20). The van der Waals surface area contributed by atoms with Gasteiger partial charge in [-0.05, 0) is 31.5 Å². The van der Waals surface area contributed by atoms with Gasteiger partial charge in [0.25, 0.3) is 0 Å². The zero-order valence-electron chi connectivity index (χ0n) is 11.2. The van der Waals surface area contributed by atoms with E-state index in [1.54, 1.807) is 12.3 Å². The molecule has 1 aliphatic rings. The predicted molar refractivity (Wildman–Crippen MR) is 74.9 cm³/mol. The minimum absolute atomic E-state index is 0.0381. The quantitative estimate of drug-likeness (QED) is 0.836. The first-order chi connectivity index (χ1) is 9.54. The highest BCUT2D eigenvalue weighted by atomic mass is 16.2. The zero-order chi connectivity index (χ0) is 14.3. The number of aromatic amines is 1. The van der Waals surface area contributed by atoms with Crippen LogP contribution < -0.4 is 10.2 Å². The Labute approximate surface area is 115 Å². The van der Waals surface area contributed by atoms with Gasteiger partial charge in [-0.3, -0.25) is 14.5 Å². The van der Waals surface area contributed by atoms with Gasteiger partial charge in [-0.2, -0.15) is 0 Å². The van der Waals surface area contributed by atoms with Crippen LogP contribution in [0, 0.1) is 0 Å². The highest BCUT2D eigenvalue weighted by Crippen LogP contribution is 2.39. The van der Waals surface area contributed by atoms with Gasteiger partial charge in [0.2, 0.25) is 12.3 Å². The molecule has 2 amide bonds. The van der Waals surface area contributed by atoms with E-state index in [2.05, 4.69) is 15.3 Å². The van der Waals surface area contributed by atoms with Crippen molar-refractivity contribution in [2.24, 2.45) is 0 Å². The summed E-state index contributed by atoms with van der Waals surface area (Å²) in [7, 11) is 0. The van der Waals surface area contributed by atoms with Gasteiger partial charge in [0.15, 0.2) is 0 Å². The first kappa shape index (κ1) is 12.4. The van der Waals surface area contributed by atoms with Crippen molar-refractivity contribution < 1.29 is 9.59 Å². The fourth-order valence-electron chi connectivity index (χ4n) is 2.37. The van der Waals surface area contributed by atoms with Crippen molar-refractivity contribution in [1.82, 2.24) is 9.97 Å². The molecule has 1 aromatic carbocycles. The van der Waals surface area contributed by atoms with Crippen molar-refractivity contribution in [3.8, 4) is 0 Å². The van der Waals surface area contributed by atoms with Crippen LogP contribution in [0.4, 0.5) is 17.2 Å². The Hall–Kier alpha value is -2.63. The molecule has 102 valence electrons. The van der Waals surface area contributed by atoms with Crippen molar-refractivity contribution in [3.63, 3.8) is 0 Å². The second-order valence-electron chi connectivity index (χ2n) is 5.22. The third-order valence-corrected chi connectivity index (χ3v) is 3.62. The molecule has 3 rings (SSSR count). The van der Waals surface area contributed by atoms with Crippen LogP contribution in [-0.2, 0) is 15.0 Å². The Morgan fingerprint density at radius 2 is 2.15 bits per heavy atom. The van der Waals surface area contributed by atoms with Crippen molar-refractivity contribution in [2.75, 3.05) is 10.2 Å². The predicted octanol–water partition coefficient (Wildman–Crippen LogP) is 1.93. The minimum atomic E-state index is -0.548. The number of benzene rings is 1. The van der Waals surface area contributed by atoms with Gasteiger partial charge >= 0.3 is 0 Å². The maximum atomic E-state index is 11.9. The molecule has 6 nitrogen and oxygen atoms in total. The number of amides is 2. The molecular formula is C14H14N4O2. The molecule has 0 saturated carbocycles. The van der Waals surface area contributed by atoms with Crippen LogP contribution in [0.2, 0.25) is 0 Å². The lowest BCUT2D eigenvalue weighted by Gasteiger charge is -2.18. The monoisotopic (exact) mass is 270 g/mol. The van der Waals surface area contributed by atoms with Crippen molar-refractivity contribution in [3.05, 3.63) is 36.3 Å². The van der Waals surface area contributed by atoms with Crippen molar-refractivity contribution in [1.29, 1.82) is 0 Å². The lowest BCUT2D eigenvalue weighted by molar-refractivity contribution is -0.119. The zero-order valence-corrected chi connectivity index (χ0v) is 11.2. The summed E-state index contributed by atoms with van der Waals surface area (Å²) in [6, 6.07) is 5.47. The smallest absolute Gasteiger partial charge is 0.234 e. The summed E-state index contributed by atoms with van der Waals surface area (Å²) in [5, 5.41) is 2.84. The molecule has 0 spiro atoms. The molecule has 0 aliphatic carbocycles. The number of rotatable bonds is 3. The van der Waals surface area contributed by atoms with Crippen LogP contribution in [-0.4, -0.2) is 22.3 Å². The maximum Gasteiger partial charge on any atom is 0.234 e. The average Bonchev–Trinajstić information content (AvgIpc) is 3.00. The summed E-state index contributed by atoms with van der Waals surface area (Å²) >= 11 is 0. The molecule has 2 heterocycles. The molecule has 1 aliphatic heterocycles. The average molecular weight is 270 g/mol. The number of anilines is 3. The van der Waals surface area contributed by atoms with E-state index in [0.717, 1.165) is 11.3 Å². The molecule has 0 radical (unpaired) electrons. The highest BCUT2D eigenvalue weighted by molar-refractivity contribution is 6.06. The summed E-state index contributed by atoms with van der Waals surface area (Å²) < 4.78 is 0. The fourth-order valence-corrected chi connectivity index (χ4v) is 2.37. The maximum absolute atomic E-state index is 11.9. The second kappa shape index (κ2) is 4.19. The van der Waals surface area contributed by atoms with Crippen LogP contribution in [0.25, 0.3) is 0 Å². The lowest BCUT2D eigenvalue weighted by Crippen LogP contribution is -2.26. The third kappa shape index (κ3) is 1.69. The summed E-state index contributed by atoms with van der Waals surface area (Å²) in [5.41, 5.74) is 1.79. The van der Waals surface area contributed by atoms with Gasteiger partial charge in [-0.15, -0.1) is 0 Å². The Bertz CT molecular complexity index is 676. The SMILES string of the molecule is CC1(C)C(=O)Nc2cc(N(C=O)c3cnc[nH]3)ccc21. The Kier molecular flexibility index (Phi) is 2.60. The Morgan fingerprint density at radius 1 is 1.35 bits per heavy atom. The second-order valence-corrected chi connectivity index (χ2v) is 5.22. The van der Waals surface area contributed by atoms with Gasteiger partial charge < -0.3 is 10.3 Å². The van der Waals surface area contributed by atoms with E-state index in [1.807, 2.05) is 26.0 Å². The van der Waals surface area contributed by atoms with Gasteiger partial charge in [0.05, 0.1) is 23.6 Å². The van der Waals surface area contributed by atoms with E-state index in [9.17, 15) is 9.59 Å². The number of carbonyl (C=O) groups excluding carboxylic acids is 2. The Morgan fingerprint density at radius 3 is 2.80 bits per heavy atom. The molecule has 0 bridgehead atoms. The van der Waals surface area contributed by atoms with E-state index in [0.29, 0.717) is 17.9 Å². The largest absolute Gasteiger partial charge is 0.331 e. The molecule has 0 fully saturated rings. The molecule has 6 heteroatoms. The summed E-state index contributed by atoms with van der Waals surface area (Å²) in [5.74, 6) is 0.535. The van der Waals surface area contributed by atoms with Crippen molar-refractivity contribution in [2.45, 2.75) is 19.3 Å². The van der Waals surface area contributed by atoms with E-state index in [4.69, 9.17) is 0 Å². The van der Waals surface area contributed by atoms with E-state index >= 15 is 0 Å². The van der Waals surface area contributed by atoms with Gasteiger partial charge in [-0.1, -0.05) is 6.07 Å². The molecule has 2 N–H and O–H groups in total. The van der Waals surface area contributed by atoms with Gasteiger partial charge in [0, 0.05) is 5.69 Å². The van der Waals surface area contributed by atoms with Crippen LogP contribution in [0.3, 0.4) is 0 Å². The van der Waals surface area contributed by atoms with E-state index in [-0.39, 0.29) is 5.91 Å². The minimum Gasteiger partial charge on any atom is -0.331 e. The number of aromatic nitrogens is 2. The fraction of sp³-hybridized carbons (Fsp3) is 0.214. The first-order valence-corrected chi connectivity index (χ1v) is 6.23. The highest BCUT2D eigenvalue weighted by Gasteiger charge is 2.38. The number of carbonyl (C=O) groups is 2. The van der Waals surface area contributed by atoms with Crippen molar-refractivity contribution >= 4 is 29.5 Å². The van der Waals surface area contributed by atoms with E-state index in [1.165, 1.54) is 11.2 Å². The molecule has 0 atom stereocenters. The Balaban J connectivity index is 2.04. The topological polar surface area (TPSA) is 78.1 Å². The van der Waals surface area contributed by atoms with Crippen LogP contribution in [0.1, 0.15) is 19.4 Å². The normalized spacial score (nSPS) is 15.6. The first-order valence-electron chi connectivity index (χ1n) is 6.23. The lowest BCUT2D eigenvalue weighted by atomic mass is 9.86. The molecular weight excluding hydrogens is 256 g/mol. The number of hydrogen-bond acceptors (Lipinski definition) is 3. The van der Waals surface area contributed by atoms with Gasteiger partial charge in [-0.25, -0.2) is 4.98 Å². The number of hydrogen-bond donors (Lipinski definition) is 2. The molecule has 0 saturated heterocycles. The molecule has 0 unspecified atom stereocenters. The summed E-state index contributed by atoms with van der Waals surface area (Å²) in [6.45, 7) is 3.75.